The molecular formula is C24H27N3O3. The fraction of sp³-hybridized carbons (Fsp3) is 0.375. The van der Waals surface area contributed by atoms with E-state index in [0.29, 0.717) is 23.7 Å². The fourth-order valence-electron chi connectivity index (χ4n) is 3.66. The van der Waals surface area contributed by atoms with E-state index in [4.69, 9.17) is 0 Å². The Morgan fingerprint density at radius 2 is 1.83 bits per heavy atom. The second kappa shape index (κ2) is 8.30. The van der Waals surface area contributed by atoms with Crippen molar-refractivity contribution in [1.29, 1.82) is 0 Å². The molecule has 156 valence electrons. The van der Waals surface area contributed by atoms with Crippen LogP contribution in [0.25, 0.3) is 0 Å². The second-order valence-electron chi connectivity index (χ2n) is 8.47. The van der Waals surface area contributed by atoms with Gasteiger partial charge in [-0.2, -0.15) is 0 Å². The molecule has 1 saturated carbocycles. The molecule has 2 aromatic rings. The predicted molar refractivity (Wildman–Crippen MR) is 117 cm³/mol. The highest BCUT2D eigenvalue weighted by molar-refractivity contribution is 6.04. The van der Waals surface area contributed by atoms with Crippen molar-refractivity contribution < 1.29 is 14.4 Å². The largest absolute Gasteiger partial charge is 0.349 e. The topological polar surface area (TPSA) is 78.5 Å². The Morgan fingerprint density at radius 1 is 1.07 bits per heavy atom. The van der Waals surface area contributed by atoms with Crippen molar-refractivity contribution in [3.8, 4) is 0 Å². The molecular weight excluding hydrogens is 378 g/mol. The molecule has 2 aromatic carbocycles. The van der Waals surface area contributed by atoms with Gasteiger partial charge >= 0.3 is 0 Å². The van der Waals surface area contributed by atoms with Crippen LogP contribution in [0, 0.1) is 5.92 Å². The minimum absolute atomic E-state index is 0.0476. The summed E-state index contributed by atoms with van der Waals surface area (Å²) < 4.78 is 0. The molecule has 2 fully saturated rings. The van der Waals surface area contributed by atoms with Crippen LogP contribution < -0.4 is 15.5 Å². The lowest BCUT2D eigenvalue weighted by Gasteiger charge is -2.18. The highest BCUT2D eigenvalue weighted by atomic mass is 16.2. The number of benzene rings is 2. The molecule has 30 heavy (non-hydrogen) atoms. The smallest absolute Gasteiger partial charge is 0.251 e. The summed E-state index contributed by atoms with van der Waals surface area (Å²) in [7, 11) is 0. The molecule has 1 aliphatic heterocycles. The minimum atomic E-state index is -0.427. The first-order valence-corrected chi connectivity index (χ1v) is 10.5. The van der Waals surface area contributed by atoms with Crippen molar-refractivity contribution in [1.82, 2.24) is 5.32 Å². The van der Waals surface area contributed by atoms with E-state index in [9.17, 15) is 14.4 Å². The summed E-state index contributed by atoms with van der Waals surface area (Å²) in [4.78, 5) is 39.3. The van der Waals surface area contributed by atoms with Gasteiger partial charge in [-0.3, -0.25) is 14.4 Å². The first-order valence-electron chi connectivity index (χ1n) is 10.5. The molecule has 3 amide bonds. The van der Waals surface area contributed by atoms with Gasteiger partial charge in [-0.25, -0.2) is 0 Å². The SMILES string of the molecule is CC(C)c1cccc(N2C[C@H](C(=O)Nc3cccc(C(=O)NC4CC4)c3)CC2=O)c1. The van der Waals surface area contributed by atoms with Crippen LogP contribution in [0.15, 0.2) is 48.5 Å². The summed E-state index contributed by atoms with van der Waals surface area (Å²) in [5.74, 6) is -0.435. The third-order valence-electron chi connectivity index (χ3n) is 5.65. The minimum Gasteiger partial charge on any atom is -0.349 e. The lowest BCUT2D eigenvalue weighted by molar-refractivity contribution is -0.122. The average molecular weight is 405 g/mol. The van der Waals surface area contributed by atoms with Gasteiger partial charge in [0, 0.05) is 35.9 Å². The molecule has 6 heteroatoms. The Bertz CT molecular complexity index is 981. The molecule has 1 atom stereocenters. The van der Waals surface area contributed by atoms with Crippen molar-refractivity contribution in [2.45, 2.75) is 45.1 Å². The number of amides is 3. The van der Waals surface area contributed by atoms with Gasteiger partial charge in [-0.15, -0.1) is 0 Å². The van der Waals surface area contributed by atoms with Gasteiger partial charge in [0.1, 0.15) is 0 Å². The lowest BCUT2D eigenvalue weighted by Crippen LogP contribution is -2.28. The number of nitrogens with one attached hydrogen (secondary N) is 2. The maximum Gasteiger partial charge on any atom is 0.251 e. The van der Waals surface area contributed by atoms with E-state index in [1.165, 1.54) is 0 Å². The first kappa shape index (κ1) is 20.1. The number of rotatable bonds is 6. The van der Waals surface area contributed by atoms with Crippen molar-refractivity contribution in [3.05, 3.63) is 59.7 Å². The fourth-order valence-corrected chi connectivity index (χ4v) is 3.66. The van der Waals surface area contributed by atoms with Gasteiger partial charge < -0.3 is 15.5 Å². The van der Waals surface area contributed by atoms with E-state index in [-0.39, 0.29) is 30.2 Å². The van der Waals surface area contributed by atoms with Gasteiger partial charge in [-0.1, -0.05) is 32.0 Å². The average Bonchev–Trinajstić information content (AvgIpc) is 3.46. The van der Waals surface area contributed by atoms with Gasteiger partial charge in [-0.05, 0) is 54.7 Å². The number of anilines is 2. The molecule has 1 heterocycles. The highest BCUT2D eigenvalue weighted by Gasteiger charge is 2.35. The molecule has 0 radical (unpaired) electrons. The zero-order chi connectivity index (χ0) is 21.3. The zero-order valence-electron chi connectivity index (χ0n) is 17.4. The summed E-state index contributed by atoms with van der Waals surface area (Å²) in [6.07, 6.45) is 2.22. The van der Waals surface area contributed by atoms with E-state index in [1.54, 1.807) is 29.2 Å². The third kappa shape index (κ3) is 4.53. The molecule has 0 unspecified atom stereocenters. The maximum absolute atomic E-state index is 12.8. The number of carbonyl (C=O) groups excluding carboxylic acids is 3. The van der Waals surface area contributed by atoms with E-state index in [0.717, 1.165) is 24.1 Å². The first-order chi connectivity index (χ1) is 14.4. The molecule has 0 bridgehead atoms. The van der Waals surface area contributed by atoms with Crippen LogP contribution in [-0.4, -0.2) is 30.3 Å². The van der Waals surface area contributed by atoms with E-state index in [2.05, 4.69) is 24.5 Å². The van der Waals surface area contributed by atoms with Crippen molar-refractivity contribution in [2.75, 3.05) is 16.8 Å². The third-order valence-corrected chi connectivity index (χ3v) is 5.65. The molecule has 2 N–H and O–H groups in total. The number of nitrogens with zero attached hydrogens (tertiary/aromatic N) is 1. The Hall–Kier alpha value is -3.15. The molecule has 6 nitrogen and oxygen atoms in total. The molecule has 1 saturated heterocycles. The van der Waals surface area contributed by atoms with Crippen molar-refractivity contribution in [2.24, 2.45) is 5.92 Å². The normalized spacial score (nSPS) is 18.6. The van der Waals surface area contributed by atoms with Gasteiger partial charge in [0.05, 0.1) is 5.92 Å². The standard InChI is InChI=1S/C24H27N3O3/c1-15(2)16-5-4-8-21(12-16)27-14-18(13-22(27)28)24(30)26-20-7-3-6-17(11-20)23(29)25-19-9-10-19/h3-8,11-12,15,18-19H,9-10,13-14H2,1-2H3,(H,25,29)(H,26,30)/t18-/m1/s1. The molecule has 0 spiro atoms. The van der Waals surface area contributed by atoms with Crippen LogP contribution in [0.4, 0.5) is 11.4 Å². The molecule has 0 aromatic heterocycles. The van der Waals surface area contributed by atoms with Gasteiger partial charge in [0.15, 0.2) is 0 Å². The summed E-state index contributed by atoms with van der Waals surface area (Å²) in [6.45, 7) is 4.58. The second-order valence-corrected chi connectivity index (χ2v) is 8.47. The van der Waals surface area contributed by atoms with Crippen LogP contribution in [-0.2, 0) is 9.59 Å². The number of hydrogen-bond acceptors (Lipinski definition) is 3. The molecule has 4 rings (SSSR count). The van der Waals surface area contributed by atoms with Crippen LogP contribution in [0.3, 0.4) is 0 Å². The van der Waals surface area contributed by atoms with Crippen LogP contribution >= 0.6 is 0 Å². The quantitative estimate of drug-likeness (QED) is 0.769. The highest BCUT2D eigenvalue weighted by Crippen LogP contribution is 2.28. The zero-order valence-corrected chi connectivity index (χ0v) is 17.4. The maximum atomic E-state index is 12.8. The van der Waals surface area contributed by atoms with E-state index >= 15 is 0 Å². The van der Waals surface area contributed by atoms with E-state index in [1.807, 2.05) is 24.3 Å². The monoisotopic (exact) mass is 405 g/mol. The Morgan fingerprint density at radius 3 is 2.57 bits per heavy atom. The van der Waals surface area contributed by atoms with Crippen LogP contribution in [0.5, 0.6) is 0 Å². The lowest BCUT2D eigenvalue weighted by atomic mass is 10.0. The van der Waals surface area contributed by atoms with Crippen LogP contribution in [0.1, 0.15) is 54.9 Å². The van der Waals surface area contributed by atoms with Crippen molar-refractivity contribution in [3.63, 3.8) is 0 Å². The summed E-state index contributed by atoms with van der Waals surface area (Å²) in [5.41, 5.74) is 3.08. The summed E-state index contributed by atoms with van der Waals surface area (Å²) in [5, 5.41) is 5.82. The molecule has 1 aliphatic carbocycles. The number of hydrogen-bond donors (Lipinski definition) is 2. The Labute approximate surface area is 176 Å². The predicted octanol–water partition coefficient (Wildman–Crippen LogP) is 3.69. The van der Waals surface area contributed by atoms with Gasteiger partial charge in [0.25, 0.3) is 5.91 Å². The Balaban J connectivity index is 1.41. The van der Waals surface area contributed by atoms with Crippen LogP contribution in [0.2, 0.25) is 0 Å². The van der Waals surface area contributed by atoms with Gasteiger partial charge in [0.2, 0.25) is 11.8 Å². The molecule has 2 aliphatic rings. The number of carbonyl (C=O) groups is 3. The van der Waals surface area contributed by atoms with Crippen molar-refractivity contribution >= 4 is 29.1 Å². The summed E-state index contributed by atoms with van der Waals surface area (Å²) in [6, 6.07) is 15.1. The summed E-state index contributed by atoms with van der Waals surface area (Å²) >= 11 is 0. The van der Waals surface area contributed by atoms with E-state index < -0.39 is 5.92 Å². The Kier molecular flexibility index (Phi) is 5.57.